The number of carbonyl (C=O) groups is 1. The Balaban J connectivity index is 2.56. The van der Waals surface area contributed by atoms with Crippen LogP contribution in [0.4, 0.5) is 0 Å². The Morgan fingerprint density at radius 2 is 1.44 bits per heavy atom. The SMILES string of the molecule is CCC/C=C\CCCCCCCC/C=C/[C@@H](O)[C@H](COP(=O)(O)OCC[N+](C)(C)C)NC(=O)CCCCCC[C@@H]1[C@@H](/C=C/[C@@H](O)CCCCC)[C@H](O)C[C@@H]1O. The third-order valence-corrected chi connectivity index (χ3v) is 11.4. The van der Waals surface area contributed by atoms with Gasteiger partial charge >= 0.3 is 7.82 Å². The molecule has 1 rings (SSSR count). The van der Waals surface area contributed by atoms with Gasteiger partial charge in [0.15, 0.2) is 0 Å². The van der Waals surface area contributed by atoms with Crippen molar-refractivity contribution >= 4 is 13.7 Å². The minimum Gasteiger partial charge on any atom is -0.393 e. The maximum atomic E-state index is 13.0. The molecule has 0 aromatic carbocycles. The van der Waals surface area contributed by atoms with Crippen LogP contribution < -0.4 is 5.32 Å². The van der Waals surface area contributed by atoms with Crippen LogP contribution in [0, 0.1) is 11.8 Å². The maximum absolute atomic E-state index is 13.0. The molecule has 11 nitrogen and oxygen atoms in total. The molecule has 55 heavy (non-hydrogen) atoms. The normalized spacial score (nSPS) is 22.1. The van der Waals surface area contributed by atoms with Gasteiger partial charge in [0.05, 0.1) is 58.2 Å². The molecule has 0 heterocycles. The van der Waals surface area contributed by atoms with E-state index in [1.54, 1.807) is 12.2 Å². The number of hydrogen-bond donors (Lipinski definition) is 6. The first-order valence-corrected chi connectivity index (χ1v) is 23.1. The van der Waals surface area contributed by atoms with Gasteiger partial charge in [0, 0.05) is 18.8 Å². The third kappa shape index (κ3) is 27.0. The zero-order valence-corrected chi connectivity index (χ0v) is 36.1. The first-order valence-electron chi connectivity index (χ1n) is 21.6. The quantitative estimate of drug-likeness (QED) is 0.0164. The van der Waals surface area contributed by atoms with Crippen molar-refractivity contribution in [3.8, 4) is 0 Å². The van der Waals surface area contributed by atoms with Crippen LogP contribution in [0.5, 0.6) is 0 Å². The van der Waals surface area contributed by atoms with Gasteiger partial charge < -0.3 is 35.1 Å². The number of amides is 1. The van der Waals surface area contributed by atoms with Crippen molar-refractivity contribution < 1.29 is 48.2 Å². The third-order valence-electron chi connectivity index (χ3n) is 10.4. The van der Waals surface area contributed by atoms with Gasteiger partial charge in [-0.25, -0.2) is 4.57 Å². The second kappa shape index (κ2) is 30.6. The summed E-state index contributed by atoms with van der Waals surface area (Å²) in [5, 5.41) is 45.2. The largest absolute Gasteiger partial charge is 0.472 e. The van der Waals surface area contributed by atoms with Crippen molar-refractivity contribution in [1.82, 2.24) is 5.32 Å². The number of aliphatic hydroxyl groups is 4. The van der Waals surface area contributed by atoms with Crippen LogP contribution in [0.2, 0.25) is 0 Å². The standard InChI is InChI=1S/C43H81N2O9P/c1-6-8-10-11-12-13-14-15-16-17-18-19-24-28-40(47)39(35-54-55(51,52)53-33-32-45(3,4)5)44-43(50)29-25-21-20-23-27-37-38(42(49)34-41(37)48)31-30-36(46)26-22-9-7-2/h10-11,24,28,30-31,36-42,46-49H,6-9,12-23,25-27,29,32-35H2,1-5H3,(H-,44,50,51,52)/p+1/b11-10-,28-24+,31-30+/t36-,37+,38+,39-,40+,41-,42+/m0/s1. The summed E-state index contributed by atoms with van der Waals surface area (Å²) >= 11 is 0. The van der Waals surface area contributed by atoms with Crippen LogP contribution >= 0.6 is 7.82 Å². The number of aliphatic hydroxyl groups excluding tert-OH is 4. The molecule has 322 valence electrons. The van der Waals surface area contributed by atoms with E-state index in [-0.39, 0.29) is 37.4 Å². The summed E-state index contributed by atoms with van der Waals surface area (Å²) in [6.45, 7) is 4.45. The minimum atomic E-state index is -4.40. The molecule has 0 radical (unpaired) electrons. The predicted octanol–water partition coefficient (Wildman–Crippen LogP) is 7.90. The molecule has 1 fully saturated rings. The predicted molar refractivity (Wildman–Crippen MR) is 223 cm³/mol. The maximum Gasteiger partial charge on any atom is 0.472 e. The molecule has 12 heteroatoms. The Morgan fingerprint density at radius 3 is 2.11 bits per heavy atom. The van der Waals surface area contributed by atoms with Crippen LogP contribution in [-0.4, -0.2) is 107 Å². The number of carbonyl (C=O) groups excluding carboxylic acids is 1. The molecule has 1 unspecified atom stereocenters. The molecule has 0 spiro atoms. The van der Waals surface area contributed by atoms with Gasteiger partial charge in [0.1, 0.15) is 13.2 Å². The molecular weight excluding hydrogens is 719 g/mol. The van der Waals surface area contributed by atoms with Gasteiger partial charge in [0.25, 0.3) is 0 Å². The summed E-state index contributed by atoms with van der Waals surface area (Å²) in [5.41, 5.74) is 0. The fourth-order valence-electron chi connectivity index (χ4n) is 6.90. The summed E-state index contributed by atoms with van der Waals surface area (Å²) in [7, 11) is 1.43. The second-order valence-corrected chi connectivity index (χ2v) is 18.1. The number of phosphoric acid groups is 1. The number of quaternary nitrogens is 1. The minimum absolute atomic E-state index is 0.0205. The van der Waals surface area contributed by atoms with Crippen LogP contribution in [0.25, 0.3) is 0 Å². The van der Waals surface area contributed by atoms with Crippen molar-refractivity contribution in [2.75, 3.05) is 40.9 Å². The van der Waals surface area contributed by atoms with E-state index in [1.165, 1.54) is 32.1 Å². The molecule has 1 aliphatic carbocycles. The number of allylic oxidation sites excluding steroid dienone is 3. The fraction of sp³-hybridized carbons (Fsp3) is 0.837. The van der Waals surface area contributed by atoms with Gasteiger partial charge in [-0.3, -0.25) is 13.8 Å². The Labute approximate surface area is 334 Å². The zero-order chi connectivity index (χ0) is 41.0. The number of hydrogen-bond acceptors (Lipinski definition) is 8. The lowest BCUT2D eigenvalue weighted by molar-refractivity contribution is -0.870. The number of rotatable bonds is 34. The summed E-state index contributed by atoms with van der Waals surface area (Å²) in [6, 6.07) is -0.928. The average Bonchev–Trinajstić information content (AvgIpc) is 3.39. The van der Waals surface area contributed by atoms with Gasteiger partial charge in [-0.2, -0.15) is 0 Å². The van der Waals surface area contributed by atoms with Gasteiger partial charge in [-0.15, -0.1) is 0 Å². The smallest absolute Gasteiger partial charge is 0.393 e. The van der Waals surface area contributed by atoms with Gasteiger partial charge in [-0.1, -0.05) is 121 Å². The van der Waals surface area contributed by atoms with Gasteiger partial charge in [0.2, 0.25) is 5.91 Å². The number of nitrogens with one attached hydrogen (secondary N) is 1. The fourth-order valence-corrected chi connectivity index (χ4v) is 7.64. The molecule has 0 aromatic rings. The molecule has 1 aliphatic rings. The molecule has 0 aliphatic heterocycles. The van der Waals surface area contributed by atoms with E-state index in [2.05, 4.69) is 31.3 Å². The number of nitrogens with zero attached hydrogens (tertiary/aromatic N) is 1. The van der Waals surface area contributed by atoms with Crippen LogP contribution in [0.15, 0.2) is 36.5 Å². The van der Waals surface area contributed by atoms with E-state index in [4.69, 9.17) is 9.05 Å². The molecule has 1 amide bonds. The number of phosphoric ester groups is 1. The second-order valence-electron chi connectivity index (χ2n) is 16.7. The van der Waals surface area contributed by atoms with Crippen molar-refractivity contribution in [2.45, 2.75) is 179 Å². The first kappa shape index (κ1) is 51.6. The lowest BCUT2D eigenvalue weighted by atomic mass is 9.88. The molecule has 0 bridgehead atoms. The summed E-state index contributed by atoms with van der Waals surface area (Å²) < 4.78 is 23.5. The highest BCUT2D eigenvalue weighted by atomic mass is 31.2. The average molecular weight is 802 g/mol. The van der Waals surface area contributed by atoms with E-state index >= 15 is 0 Å². The molecule has 1 saturated carbocycles. The first-order chi connectivity index (χ1) is 26.2. The van der Waals surface area contributed by atoms with Gasteiger partial charge in [-0.05, 0) is 57.3 Å². The number of likely N-dealkylation sites (N-methyl/N-ethyl adjacent to an activating group) is 1. The van der Waals surface area contributed by atoms with Crippen LogP contribution in [0.1, 0.15) is 149 Å². The highest BCUT2D eigenvalue weighted by Gasteiger charge is 2.39. The molecule has 8 atom stereocenters. The lowest BCUT2D eigenvalue weighted by Gasteiger charge is -2.25. The van der Waals surface area contributed by atoms with E-state index in [0.29, 0.717) is 30.3 Å². The molecule has 6 N–H and O–H groups in total. The molecular formula is C43H82N2O9P+. The molecule has 0 saturated heterocycles. The highest BCUT2D eigenvalue weighted by Crippen LogP contribution is 2.43. The summed E-state index contributed by atoms with van der Waals surface area (Å²) in [4.78, 5) is 23.2. The summed E-state index contributed by atoms with van der Waals surface area (Å²) in [6.07, 6.45) is 28.4. The molecule has 0 aromatic heterocycles. The van der Waals surface area contributed by atoms with E-state index in [1.807, 2.05) is 33.3 Å². The van der Waals surface area contributed by atoms with Crippen molar-refractivity contribution in [3.63, 3.8) is 0 Å². The Bertz CT molecular complexity index is 1110. The topological polar surface area (TPSA) is 166 Å². The number of unbranched alkanes of at least 4 members (excludes halogenated alkanes) is 13. The van der Waals surface area contributed by atoms with E-state index in [0.717, 1.165) is 77.0 Å². The van der Waals surface area contributed by atoms with Crippen molar-refractivity contribution in [2.24, 2.45) is 11.8 Å². The Hall–Kier alpha value is -1.40. The van der Waals surface area contributed by atoms with E-state index in [9.17, 15) is 34.7 Å². The lowest BCUT2D eigenvalue weighted by Crippen LogP contribution is -2.45. The zero-order valence-electron chi connectivity index (χ0n) is 35.2. The van der Waals surface area contributed by atoms with E-state index < -0.39 is 38.3 Å². The van der Waals surface area contributed by atoms with Crippen molar-refractivity contribution in [3.05, 3.63) is 36.5 Å². The monoisotopic (exact) mass is 802 g/mol. The van der Waals surface area contributed by atoms with Crippen LogP contribution in [0.3, 0.4) is 0 Å². The van der Waals surface area contributed by atoms with Crippen LogP contribution in [-0.2, 0) is 18.4 Å². The van der Waals surface area contributed by atoms with Crippen molar-refractivity contribution in [1.29, 1.82) is 0 Å². The Kier molecular flexibility index (Phi) is 28.8. The summed E-state index contributed by atoms with van der Waals surface area (Å²) in [5.74, 6) is -0.534. The Morgan fingerprint density at radius 1 is 0.800 bits per heavy atom. The highest BCUT2D eigenvalue weighted by molar-refractivity contribution is 7.47.